The van der Waals surface area contributed by atoms with E-state index in [9.17, 15) is 9.59 Å². The molecule has 5 nitrogen and oxygen atoms in total. The zero-order valence-electron chi connectivity index (χ0n) is 15.9. The van der Waals surface area contributed by atoms with Gasteiger partial charge in [0.05, 0.1) is 5.69 Å². The quantitative estimate of drug-likeness (QED) is 0.902. The van der Waals surface area contributed by atoms with E-state index in [2.05, 4.69) is 26.1 Å². The summed E-state index contributed by atoms with van der Waals surface area (Å²) in [5.74, 6) is 1.35. The average molecular weight is 356 g/mol. The molecule has 0 radical (unpaired) electrons. The van der Waals surface area contributed by atoms with Crippen LogP contribution < -0.4 is 15.0 Å². The fraction of sp³-hybridized carbons (Fsp3) is 0.619. The maximum atomic E-state index is 12.6. The van der Waals surface area contributed by atoms with Gasteiger partial charge in [-0.25, -0.2) is 0 Å². The van der Waals surface area contributed by atoms with E-state index in [1.807, 2.05) is 24.3 Å². The van der Waals surface area contributed by atoms with Crippen LogP contribution in [0.4, 0.5) is 5.69 Å². The highest BCUT2D eigenvalue weighted by molar-refractivity contribution is 5.98. The number of ether oxygens (including phenoxy) is 1. The van der Waals surface area contributed by atoms with Crippen molar-refractivity contribution in [3.05, 3.63) is 24.3 Å². The number of hydrogen-bond donors (Lipinski definition) is 1. The van der Waals surface area contributed by atoms with Crippen LogP contribution in [-0.2, 0) is 9.59 Å². The molecule has 4 rings (SSSR count). The number of nitrogens with one attached hydrogen (secondary N) is 1. The van der Waals surface area contributed by atoms with E-state index in [0.717, 1.165) is 12.1 Å². The predicted molar refractivity (Wildman–Crippen MR) is 100 cm³/mol. The Morgan fingerprint density at radius 1 is 1.31 bits per heavy atom. The van der Waals surface area contributed by atoms with Crippen LogP contribution >= 0.6 is 0 Å². The molecule has 0 saturated heterocycles. The van der Waals surface area contributed by atoms with E-state index in [0.29, 0.717) is 24.6 Å². The number of carbonyl (C=O) groups excluding carboxylic acids is 2. The first-order valence-corrected chi connectivity index (χ1v) is 9.64. The standard InChI is InChI=1S/C21H28N2O3/c1-20(2)14-8-10-21(20,3)17(12-14)22-18(24)9-11-23-15-6-4-5-7-16(15)26-13-19(23)25/h4-7,14,17H,8-13H2,1-3H3,(H,22,24). The number of anilines is 1. The molecule has 3 unspecified atom stereocenters. The van der Waals surface area contributed by atoms with Crippen LogP contribution in [0.25, 0.3) is 0 Å². The number of rotatable bonds is 4. The third-order valence-corrected chi connectivity index (χ3v) is 7.50. The maximum absolute atomic E-state index is 12.6. The molecule has 3 aliphatic rings. The summed E-state index contributed by atoms with van der Waals surface area (Å²) in [6, 6.07) is 7.73. The Labute approximate surface area is 155 Å². The number of nitrogens with zero attached hydrogens (tertiary/aromatic N) is 1. The molecule has 3 atom stereocenters. The number of carbonyl (C=O) groups is 2. The highest BCUT2D eigenvalue weighted by Gasteiger charge is 2.61. The zero-order valence-corrected chi connectivity index (χ0v) is 15.9. The smallest absolute Gasteiger partial charge is 0.265 e. The molecule has 5 heteroatoms. The molecule has 1 aliphatic heterocycles. The first-order valence-electron chi connectivity index (χ1n) is 9.64. The first kappa shape index (κ1) is 17.4. The van der Waals surface area contributed by atoms with Crippen LogP contribution in [0.5, 0.6) is 5.75 Å². The topological polar surface area (TPSA) is 58.6 Å². The summed E-state index contributed by atoms with van der Waals surface area (Å²) in [4.78, 5) is 26.5. The highest BCUT2D eigenvalue weighted by Crippen LogP contribution is 2.65. The van der Waals surface area contributed by atoms with Crippen LogP contribution in [0.3, 0.4) is 0 Å². The molecule has 2 saturated carbocycles. The van der Waals surface area contributed by atoms with Crippen molar-refractivity contribution in [2.24, 2.45) is 16.7 Å². The number of fused-ring (bicyclic) bond motifs is 3. The molecule has 2 fully saturated rings. The molecule has 1 aromatic carbocycles. The Morgan fingerprint density at radius 3 is 2.77 bits per heavy atom. The van der Waals surface area contributed by atoms with Gasteiger partial charge in [0, 0.05) is 19.0 Å². The maximum Gasteiger partial charge on any atom is 0.265 e. The van der Waals surface area contributed by atoms with Crippen LogP contribution in [0.1, 0.15) is 46.5 Å². The van der Waals surface area contributed by atoms with Gasteiger partial charge in [-0.3, -0.25) is 9.59 Å². The van der Waals surface area contributed by atoms with Crippen LogP contribution in [-0.4, -0.2) is 31.0 Å². The minimum absolute atomic E-state index is 0.0369. The predicted octanol–water partition coefficient (Wildman–Crippen LogP) is 3.13. The molecule has 1 aromatic rings. The largest absolute Gasteiger partial charge is 0.482 e. The minimum atomic E-state index is -0.0930. The van der Waals surface area contributed by atoms with Crippen molar-refractivity contribution in [3.63, 3.8) is 0 Å². The number of benzene rings is 1. The summed E-state index contributed by atoms with van der Waals surface area (Å²) in [7, 11) is 0. The van der Waals surface area contributed by atoms with Crippen molar-refractivity contribution in [1.82, 2.24) is 5.32 Å². The second kappa shape index (κ2) is 6.00. The van der Waals surface area contributed by atoms with Gasteiger partial charge in [0.2, 0.25) is 5.91 Å². The van der Waals surface area contributed by atoms with Gasteiger partial charge in [-0.15, -0.1) is 0 Å². The Hall–Kier alpha value is -2.04. The van der Waals surface area contributed by atoms with E-state index in [1.54, 1.807) is 4.90 Å². The van der Waals surface area contributed by atoms with E-state index in [4.69, 9.17) is 4.74 Å². The molecule has 2 aliphatic carbocycles. The normalized spacial score (nSPS) is 31.5. The third-order valence-electron chi connectivity index (χ3n) is 7.50. The summed E-state index contributed by atoms with van der Waals surface area (Å²) < 4.78 is 5.46. The van der Waals surface area contributed by atoms with Gasteiger partial charge >= 0.3 is 0 Å². The zero-order chi connectivity index (χ0) is 18.5. The molecule has 140 valence electrons. The van der Waals surface area contributed by atoms with E-state index < -0.39 is 0 Å². The van der Waals surface area contributed by atoms with Crippen molar-refractivity contribution in [1.29, 1.82) is 0 Å². The van der Waals surface area contributed by atoms with Crippen molar-refractivity contribution in [2.45, 2.75) is 52.5 Å². The van der Waals surface area contributed by atoms with Crippen molar-refractivity contribution in [3.8, 4) is 5.75 Å². The summed E-state index contributed by atoms with van der Waals surface area (Å²) in [5, 5.41) is 3.28. The molecule has 2 amide bonds. The van der Waals surface area contributed by atoms with Gasteiger partial charge in [0.25, 0.3) is 5.91 Å². The van der Waals surface area contributed by atoms with Gasteiger partial charge in [-0.1, -0.05) is 32.9 Å². The van der Waals surface area contributed by atoms with Crippen molar-refractivity contribution < 1.29 is 14.3 Å². The minimum Gasteiger partial charge on any atom is -0.482 e. The monoisotopic (exact) mass is 356 g/mol. The lowest BCUT2D eigenvalue weighted by atomic mass is 9.69. The Kier molecular flexibility index (Phi) is 4.01. The molecular weight excluding hydrogens is 328 g/mol. The van der Waals surface area contributed by atoms with Gasteiger partial charge in [0.1, 0.15) is 5.75 Å². The van der Waals surface area contributed by atoms with Crippen molar-refractivity contribution in [2.75, 3.05) is 18.1 Å². The Bertz CT molecular complexity index is 745. The lowest BCUT2D eigenvalue weighted by molar-refractivity contribution is -0.123. The lowest BCUT2D eigenvalue weighted by Gasteiger charge is -2.39. The highest BCUT2D eigenvalue weighted by atomic mass is 16.5. The van der Waals surface area contributed by atoms with Crippen LogP contribution in [0, 0.1) is 16.7 Å². The average Bonchev–Trinajstić information content (AvgIpc) is 2.94. The van der Waals surface area contributed by atoms with Crippen LogP contribution in [0.2, 0.25) is 0 Å². The summed E-state index contributed by atoms with van der Waals surface area (Å²) in [6.45, 7) is 7.45. The molecule has 0 spiro atoms. The van der Waals surface area contributed by atoms with Crippen molar-refractivity contribution >= 4 is 17.5 Å². The summed E-state index contributed by atoms with van der Waals surface area (Å²) in [5.41, 5.74) is 1.21. The van der Waals surface area contributed by atoms with Crippen LogP contribution in [0.15, 0.2) is 24.3 Å². The fourth-order valence-corrected chi connectivity index (χ4v) is 5.30. The van der Waals surface area contributed by atoms with Gasteiger partial charge in [-0.2, -0.15) is 0 Å². The number of hydrogen-bond acceptors (Lipinski definition) is 3. The fourth-order valence-electron chi connectivity index (χ4n) is 5.30. The van der Waals surface area contributed by atoms with E-state index in [-0.39, 0.29) is 35.3 Å². The lowest BCUT2D eigenvalue weighted by Crippen LogP contribution is -2.48. The summed E-state index contributed by atoms with van der Waals surface area (Å²) in [6.07, 6.45) is 3.85. The molecule has 2 bridgehead atoms. The molecular formula is C21H28N2O3. The van der Waals surface area contributed by atoms with E-state index in [1.165, 1.54) is 12.8 Å². The third kappa shape index (κ3) is 2.51. The number of para-hydroxylation sites is 2. The summed E-state index contributed by atoms with van der Waals surface area (Å²) >= 11 is 0. The van der Waals surface area contributed by atoms with Gasteiger partial charge in [-0.05, 0) is 48.1 Å². The second-order valence-electron chi connectivity index (χ2n) is 8.78. The molecule has 1 N–H and O–H groups in total. The van der Waals surface area contributed by atoms with Gasteiger partial charge in [0.15, 0.2) is 6.61 Å². The first-order chi connectivity index (χ1) is 12.3. The molecule has 0 aromatic heterocycles. The Morgan fingerprint density at radius 2 is 2.08 bits per heavy atom. The molecule has 1 heterocycles. The SMILES string of the molecule is CC1(C)C2CCC1(C)C(NC(=O)CCN1C(=O)COc3ccccc31)C2. The second-order valence-corrected chi connectivity index (χ2v) is 8.78. The Balaban J connectivity index is 1.39. The van der Waals surface area contributed by atoms with Gasteiger partial charge < -0.3 is 15.0 Å². The van der Waals surface area contributed by atoms with E-state index >= 15 is 0 Å². The number of amides is 2. The molecule has 26 heavy (non-hydrogen) atoms.